The highest BCUT2D eigenvalue weighted by molar-refractivity contribution is 6.21. The normalized spacial score (nSPS) is 21.6. The Kier molecular flexibility index (Phi) is 12.0. The second-order valence-corrected chi connectivity index (χ2v) is 24.0. The lowest BCUT2D eigenvalue weighted by atomic mass is 9.63. The van der Waals surface area contributed by atoms with Crippen LogP contribution in [0.25, 0.3) is 54.9 Å². The van der Waals surface area contributed by atoms with Crippen LogP contribution in [-0.2, 0) is 40.8 Å². The molecule has 0 aromatic heterocycles. The Bertz CT molecular complexity index is 4570. The summed E-state index contributed by atoms with van der Waals surface area (Å²) in [6.07, 6.45) is -1.83. The number of aryl methyl sites for hydroxylation is 2. The van der Waals surface area contributed by atoms with E-state index in [9.17, 15) is 0 Å². The Hall–Kier alpha value is -9.35. The number of nitrogens with one attached hydrogen (secondary N) is 2. The minimum atomic E-state index is -4.74. The van der Waals surface area contributed by atoms with Crippen LogP contribution in [0, 0.1) is 11.8 Å². The van der Waals surface area contributed by atoms with Crippen LogP contribution in [0.15, 0.2) is 229 Å². The Labute approximate surface area is 493 Å². The summed E-state index contributed by atoms with van der Waals surface area (Å²) in [7, 11) is 0. The van der Waals surface area contributed by atoms with Crippen molar-refractivity contribution >= 4 is 49.8 Å². The molecule has 2 N–H and O–H groups in total. The first-order valence-corrected chi connectivity index (χ1v) is 29.3. The van der Waals surface area contributed by atoms with Gasteiger partial charge in [-0.15, -0.1) is 0 Å². The van der Waals surface area contributed by atoms with Gasteiger partial charge in [0.05, 0.1) is 22.2 Å². The predicted molar refractivity (Wildman–Crippen MR) is 323 cm³/mol. The number of allylic oxidation sites excluding steroid dienone is 8. The highest BCUT2D eigenvalue weighted by Gasteiger charge is 2.54. The van der Waals surface area contributed by atoms with Crippen molar-refractivity contribution in [2.24, 2.45) is 11.8 Å². The first kappa shape index (κ1) is 53.4. The highest BCUT2D eigenvalue weighted by atomic mass is 19.4. The molecule has 11 heteroatoms. The van der Waals surface area contributed by atoms with Crippen molar-refractivity contribution in [3.8, 4) is 22.3 Å². The van der Waals surface area contributed by atoms with E-state index < -0.39 is 69.1 Å². The van der Waals surface area contributed by atoms with Gasteiger partial charge < -0.3 is 20.8 Å². The number of Topliss-reactive ketones (excluding diaryl/α,β-unsaturated/α-hetero) is 1. The third kappa shape index (κ3) is 7.81. The molecule has 426 valence electrons. The van der Waals surface area contributed by atoms with Gasteiger partial charge in [-0.2, -0.15) is 26.3 Å². The Morgan fingerprint density at radius 1 is 0.593 bits per heavy atom. The lowest BCUT2D eigenvalue weighted by Crippen LogP contribution is -2.46. The maximum atomic E-state index is 15.9. The average Bonchev–Trinajstić information content (AvgIpc) is 1.53. The highest BCUT2D eigenvalue weighted by Crippen LogP contribution is 2.62. The maximum Gasteiger partial charge on any atom is 0.416 e. The molecule has 9 aromatic rings. The zero-order valence-electron chi connectivity index (χ0n) is 46.8. The van der Waals surface area contributed by atoms with E-state index in [1.807, 2.05) is 103 Å². The largest absolute Gasteiger partial charge is 0.872 e. The number of halogens is 6. The molecule has 5 atom stereocenters. The van der Waals surface area contributed by atoms with E-state index in [1.165, 1.54) is 24.3 Å². The number of rotatable bonds is 11. The van der Waals surface area contributed by atoms with Gasteiger partial charge in [0.2, 0.25) is 0 Å². The van der Waals surface area contributed by atoms with Crippen LogP contribution in [-0.4, -0.2) is 11.8 Å². The first-order valence-electron chi connectivity index (χ1n) is 29.3. The van der Waals surface area contributed by atoms with Crippen LogP contribution in [0.1, 0.15) is 88.7 Å². The molecule has 0 saturated carbocycles. The van der Waals surface area contributed by atoms with E-state index in [4.69, 9.17) is 0 Å². The molecule has 0 spiro atoms. The zero-order valence-corrected chi connectivity index (χ0v) is 46.8. The summed E-state index contributed by atoms with van der Waals surface area (Å²) in [5.74, 6) is -3.99. The molecule has 15 rings (SSSR count). The number of ketones is 1. The third-order valence-corrected chi connectivity index (χ3v) is 19.6. The van der Waals surface area contributed by atoms with Gasteiger partial charge in [-0.1, -0.05) is 201 Å². The number of alkyl halides is 6. The van der Waals surface area contributed by atoms with Gasteiger partial charge in [0, 0.05) is 45.1 Å². The smallest absolute Gasteiger partial charge is 0.416 e. The van der Waals surface area contributed by atoms with E-state index in [2.05, 4.69) is 60.0 Å². The lowest BCUT2D eigenvalue weighted by molar-refractivity contribution is -0.310. The van der Waals surface area contributed by atoms with Crippen molar-refractivity contribution in [3.05, 3.63) is 284 Å². The molecule has 0 fully saturated rings. The molecule has 0 saturated heterocycles. The van der Waals surface area contributed by atoms with Crippen LogP contribution >= 0.6 is 0 Å². The second-order valence-electron chi connectivity index (χ2n) is 24.0. The fraction of sp³-hybridized carbons (Fsp3) is 0.187. The third-order valence-electron chi connectivity index (χ3n) is 19.6. The van der Waals surface area contributed by atoms with Crippen LogP contribution in [0.4, 0.5) is 37.7 Å². The van der Waals surface area contributed by atoms with Crippen LogP contribution < -0.4 is 20.8 Å². The molecule has 0 amide bonds. The molecule has 0 radical (unpaired) electrons. The molecular formula is C75H54F6N2O3-2. The number of carbonyl (C=O) groups excluding carboxylic acids is 1. The number of benzene rings is 9. The summed E-state index contributed by atoms with van der Waals surface area (Å²) < 4.78 is 90.7. The lowest BCUT2D eigenvalue weighted by Gasteiger charge is -2.42. The number of fused-ring (bicyclic) bond motifs is 9. The quantitative estimate of drug-likeness (QED) is 0.126. The summed E-state index contributed by atoms with van der Waals surface area (Å²) in [4.78, 5) is 15.2. The molecule has 2 heterocycles. The van der Waals surface area contributed by atoms with Crippen molar-refractivity contribution in [1.29, 1.82) is 0 Å². The standard InChI is InChI=1S/C75H56F6N2O3/c1-41-16-11-27-52-53-29-15-31-55-65(53)57(62(41)52)39-59-66(55)82-61(72(59,34-32-43-17-5-3-6-18-43)45-21-12-23-47(36-45)74(76,77)78)40-58-68(84)63(70(86)69(58)85)42(2)71-73(35-33-44-19-7-4-8-20-44,46-22-13-24-48(37-46)75(79,80)81)60-38-56-50-26-10-9-25-49(50)51-28-14-30-54(64(51)56)67(60)83-71/h3-15,17-31,36-42,71,82-84H,16,32-35H2,1-2H3,(H,85,86)/p-2/b61-40-. The minimum Gasteiger partial charge on any atom is -0.872 e. The van der Waals surface area contributed by atoms with Gasteiger partial charge >= 0.3 is 12.4 Å². The molecule has 6 aliphatic rings. The van der Waals surface area contributed by atoms with Crippen LogP contribution in [0.2, 0.25) is 0 Å². The van der Waals surface area contributed by atoms with Crippen LogP contribution in [0.3, 0.4) is 0 Å². The molecule has 5 unspecified atom stereocenters. The molecule has 0 bridgehead atoms. The summed E-state index contributed by atoms with van der Waals surface area (Å²) in [6.45, 7) is 3.87. The maximum absolute atomic E-state index is 15.9. The van der Waals surface area contributed by atoms with Crippen molar-refractivity contribution < 1.29 is 41.4 Å². The summed E-state index contributed by atoms with van der Waals surface area (Å²) >= 11 is 0. The van der Waals surface area contributed by atoms with Gasteiger partial charge in [-0.3, -0.25) is 4.79 Å². The SMILES string of the molecule is CC1CC=CC2=C1c1cc3c(c4cccc2c14)N/C(=C\C1=C([O-])C(C(C)C2Nc4c(cc5c6c(cccc46)-c4ccccc4-5)C2(CCc2ccccc2)c2cccc(C(F)(F)F)c2)=C([O-])C1=O)C3(CCc1ccccc1)c1cccc(C(F)(F)F)c1. The van der Waals surface area contributed by atoms with Gasteiger partial charge in [0.25, 0.3) is 0 Å². The van der Waals surface area contributed by atoms with Crippen LogP contribution in [0.5, 0.6) is 0 Å². The van der Waals surface area contributed by atoms with E-state index in [0.717, 1.165) is 102 Å². The second kappa shape index (κ2) is 19.3. The first-order chi connectivity index (χ1) is 41.5. The fourth-order valence-corrected chi connectivity index (χ4v) is 15.7. The number of anilines is 2. The minimum absolute atomic E-state index is 0.117. The average molecular weight is 1150 g/mol. The molecule has 2 aliphatic heterocycles. The Morgan fingerprint density at radius 2 is 1.15 bits per heavy atom. The van der Waals surface area contributed by atoms with Gasteiger partial charge in [0.15, 0.2) is 5.78 Å². The number of carbonyl (C=O) groups is 1. The van der Waals surface area contributed by atoms with E-state index in [0.29, 0.717) is 40.9 Å². The molecule has 9 aromatic carbocycles. The predicted octanol–water partition coefficient (Wildman–Crippen LogP) is 16.6. The van der Waals surface area contributed by atoms with Gasteiger partial charge in [0.1, 0.15) is 0 Å². The molecule has 5 nitrogen and oxygen atoms in total. The van der Waals surface area contributed by atoms with Gasteiger partial charge in [-0.05, 0) is 157 Å². The summed E-state index contributed by atoms with van der Waals surface area (Å²) in [6, 6.07) is 53.0. The Morgan fingerprint density at radius 3 is 1.83 bits per heavy atom. The monoisotopic (exact) mass is 1140 g/mol. The fourth-order valence-electron chi connectivity index (χ4n) is 15.7. The van der Waals surface area contributed by atoms with E-state index >= 15 is 41.4 Å². The van der Waals surface area contributed by atoms with E-state index in [-0.39, 0.29) is 35.6 Å². The van der Waals surface area contributed by atoms with Crippen molar-refractivity contribution in [2.75, 3.05) is 10.6 Å². The van der Waals surface area contributed by atoms with Crippen molar-refractivity contribution in [2.45, 2.75) is 75.2 Å². The number of hydrogen-bond donors (Lipinski definition) is 2. The van der Waals surface area contributed by atoms with E-state index in [1.54, 1.807) is 19.1 Å². The topological polar surface area (TPSA) is 87.2 Å². The molecule has 4 aliphatic carbocycles. The van der Waals surface area contributed by atoms with Crippen molar-refractivity contribution in [3.63, 3.8) is 0 Å². The number of hydrogen-bond acceptors (Lipinski definition) is 5. The summed E-state index contributed by atoms with van der Waals surface area (Å²) in [5.41, 5.74) is 8.02. The van der Waals surface area contributed by atoms with Gasteiger partial charge in [-0.25, -0.2) is 0 Å². The summed E-state index contributed by atoms with van der Waals surface area (Å²) in [5, 5.41) is 42.2. The molecule has 86 heavy (non-hydrogen) atoms. The van der Waals surface area contributed by atoms with Crippen molar-refractivity contribution in [1.82, 2.24) is 0 Å². The molecular weight excluding hydrogens is 1090 g/mol. The zero-order chi connectivity index (χ0) is 59.2. The Balaban J connectivity index is 0.944.